The van der Waals surface area contributed by atoms with E-state index in [1.165, 1.54) is 6.07 Å². The molecule has 4 nitrogen and oxygen atoms in total. The van der Waals surface area contributed by atoms with Crippen molar-refractivity contribution in [1.29, 1.82) is 0 Å². The molecule has 5 heteroatoms. The minimum atomic E-state index is -0.971. The van der Waals surface area contributed by atoms with E-state index in [1.807, 2.05) is 30.3 Å². The molecule has 0 heterocycles. The molecule has 28 heavy (non-hydrogen) atoms. The Bertz CT molecular complexity index is 889. The Morgan fingerprint density at radius 3 is 2.43 bits per heavy atom. The van der Waals surface area contributed by atoms with Gasteiger partial charge in [0.25, 0.3) is 0 Å². The highest BCUT2D eigenvalue weighted by molar-refractivity contribution is 6.00. The number of carbonyl (C=O) groups is 2. The van der Waals surface area contributed by atoms with E-state index in [4.69, 9.17) is 4.74 Å². The molecule has 0 saturated heterocycles. The van der Waals surface area contributed by atoms with Crippen LogP contribution < -0.4 is 4.74 Å². The quantitative estimate of drug-likeness (QED) is 0.687. The zero-order chi connectivity index (χ0) is 19.7. The van der Waals surface area contributed by atoms with E-state index in [2.05, 4.69) is 0 Å². The van der Waals surface area contributed by atoms with Crippen LogP contribution in [0.15, 0.2) is 42.5 Å². The van der Waals surface area contributed by atoms with Crippen LogP contribution in [0.3, 0.4) is 0 Å². The molecule has 0 amide bonds. The summed E-state index contributed by atoms with van der Waals surface area (Å²) in [7, 11) is 0. The predicted molar refractivity (Wildman–Crippen MR) is 102 cm³/mol. The fraction of sp³-hybridized carbons (Fsp3) is 0.391. The number of hydrogen-bond acceptors (Lipinski definition) is 3. The van der Waals surface area contributed by atoms with Crippen LogP contribution in [0.2, 0.25) is 0 Å². The maximum atomic E-state index is 14.8. The highest BCUT2D eigenvalue weighted by Gasteiger charge is 2.39. The van der Waals surface area contributed by atoms with Crippen molar-refractivity contribution in [1.82, 2.24) is 0 Å². The molecule has 0 spiro atoms. The fourth-order valence-electron chi connectivity index (χ4n) is 4.10. The largest absolute Gasteiger partial charge is 0.489 e. The molecule has 2 aliphatic carbocycles. The number of Topliss-reactive ketones (excluding diaryl/α,β-unsaturated/α-hetero) is 1. The number of hydrogen-bond donors (Lipinski definition) is 1. The maximum Gasteiger partial charge on any atom is 0.307 e. The second kappa shape index (κ2) is 7.74. The van der Waals surface area contributed by atoms with Crippen molar-refractivity contribution in [2.45, 2.75) is 44.6 Å². The number of benzene rings is 2. The van der Waals surface area contributed by atoms with Gasteiger partial charge in [0.2, 0.25) is 0 Å². The van der Waals surface area contributed by atoms with Gasteiger partial charge in [0.15, 0.2) is 5.78 Å². The first-order chi connectivity index (χ1) is 13.5. The number of ether oxygens (including phenoxy) is 1. The average molecular weight is 382 g/mol. The monoisotopic (exact) mass is 382 g/mol. The number of carbonyl (C=O) groups excluding carboxylic acids is 1. The van der Waals surface area contributed by atoms with Crippen molar-refractivity contribution in [3.8, 4) is 5.75 Å². The highest BCUT2D eigenvalue weighted by Crippen LogP contribution is 2.46. The van der Waals surface area contributed by atoms with Gasteiger partial charge in [-0.05, 0) is 48.8 Å². The van der Waals surface area contributed by atoms with E-state index in [1.54, 1.807) is 6.07 Å². The molecule has 2 saturated carbocycles. The summed E-state index contributed by atoms with van der Waals surface area (Å²) >= 11 is 0. The van der Waals surface area contributed by atoms with Crippen molar-refractivity contribution in [2.24, 2.45) is 11.8 Å². The summed E-state index contributed by atoms with van der Waals surface area (Å²) in [6, 6.07) is 12.6. The Morgan fingerprint density at radius 1 is 1.04 bits per heavy atom. The molecule has 0 unspecified atom stereocenters. The van der Waals surface area contributed by atoms with Crippen molar-refractivity contribution in [3.05, 3.63) is 65.0 Å². The lowest BCUT2D eigenvalue weighted by atomic mass is 9.87. The Morgan fingerprint density at radius 2 is 1.75 bits per heavy atom. The predicted octanol–water partition coefficient (Wildman–Crippen LogP) is 4.97. The summed E-state index contributed by atoms with van der Waals surface area (Å²) in [4.78, 5) is 24.4. The first kappa shape index (κ1) is 18.7. The fourth-order valence-corrected chi connectivity index (χ4v) is 4.10. The van der Waals surface area contributed by atoms with E-state index in [-0.39, 0.29) is 17.3 Å². The van der Waals surface area contributed by atoms with Crippen molar-refractivity contribution < 1.29 is 23.8 Å². The number of carboxylic acids is 1. The third kappa shape index (κ3) is 3.79. The van der Waals surface area contributed by atoms with Gasteiger partial charge >= 0.3 is 5.97 Å². The molecule has 1 N–H and O–H groups in total. The second-order valence-electron chi connectivity index (χ2n) is 7.76. The van der Waals surface area contributed by atoms with Gasteiger partial charge in [0.1, 0.15) is 18.2 Å². The smallest absolute Gasteiger partial charge is 0.307 e. The van der Waals surface area contributed by atoms with Gasteiger partial charge in [-0.1, -0.05) is 36.8 Å². The number of halogens is 1. The molecule has 0 aliphatic heterocycles. The van der Waals surface area contributed by atoms with Gasteiger partial charge in [-0.3, -0.25) is 9.59 Å². The Labute approximate surface area is 163 Å². The summed E-state index contributed by atoms with van der Waals surface area (Å²) in [6.45, 7) is 0.330. The van der Waals surface area contributed by atoms with Gasteiger partial charge in [-0.25, -0.2) is 4.39 Å². The zero-order valence-electron chi connectivity index (χ0n) is 15.6. The number of aliphatic carboxylic acids is 1. The lowest BCUT2D eigenvalue weighted by Gasteiger charge is -2.17. The summed E-state index contributed by atoms with van der Waals surface area (Å²) in [6.07, 6.45) is 3.63. The van der Waals surface area contributed by atoms with Gasteiger partial charge in [0, 0.05) is 12.0 Å². The number of carboxylic acid groups (broad SMARTS) is 1. The van der Waals surface area contributed by atoms with Crippen molar-refractivity contribution >= 4 is 11.8 Å². The van der Waals surface area contributed by atoms with Gasteiger partial charge in [0.05, 0.1) is 11.5 Å². The normalized spacial score (nSPS) is 21.5. The third-order valence-corrected chi connectivity index (χ3v) is 5.79. The van der Waals surface area contributed by atoms with E-state index in [9.17, 15) is 19.1 Å². The summed E-state index contributed by atoms with van der Waals surface area (Å²) in [5.41, 5.74) is 1.85. The summed E-state index contributed by atoms with van der Waals surface area (Å²) in [5, 5.41) is 9.36. The number of ketones is 1. The van der Waals surface area contributed by atoms with E-state index in [0.29, 0.717) is 31.6 Å². The van der Waals surface area contributed by atoms with Crippen LogP contribution in [-0.2, 0) is 11.4 Å². The molecular formula is C23H23FO4. The Kier molecular flexibility index (Phi) is 5.16. The molecule has 146 valence electrons. The van der Waals surface area contributed by atoms with E-state index in [0.717, 1.165) is 24.0 Å². The van der Waals surface area contributed by atoms with Gasteiger partial charge in [-0.2, -0.15) is 0 Å². The third-order valence-electron chi connectivity index (χ3n) is 5.79. The molecule has 2 aliphatic rings. The topological polar surface area (TPSA) is 63.6 Å². The van der Waals surface area contributed by atoms with E-state index >= 15 is 0 Å². The SMILES string of the molecule is O=C(O)[C@H]1CCC[C@@H]1C(=O)c1cc(C2CC2)c(OCc2ccccc2)cc1F. The van der Waals surface area contributed by atoms with Crippen LogP contribution in [-0.4, -0.2) is 16.9 Å². The molecule has 2 fully saturated rings. The Balaban J connectivity index is 1.60. The zero-order valence-corrected chi connectivity index (χ0v) is 15.6. The molecule has 2 aromatic rings. The molecule has 0 bridgehead atoms. The first-order valence-electron chi connectivity index (χ1n) is 9.81. The average Bonchev–Trinajstić information content (AvgIpc) is 3.41. The standard InChI is InChI=1S/C23H23FO4/c24-20-12-21(28-13-14-5-2-1-3-6-14)18(15-9-10-15)11-19(20)22(25)16-7-4-8-17(16)23(26)27/h1-3,5-6,11-12,15-17H,4,7-10,13H2,(H,26,27)/t16-,17-/m0/s1. The molecular weight excluding hydrogens is 359 g/mol. The van der Waals surface area contributed by atoms with Gasteiger partial charge < -0.3 is 9.84 Å². The minimum Gasteiger partial charge on any atom is -0.489 e. The Hall–Kier alpha value is -2.69. The van der Waals surface area contributed by atoms with Crippen LogP contribution in [0, 0.1) is 17.7 Å². The van der Waals surface area contributed by atoms with Crippen molar-refractivity contribution in [2.75, 3.05) is 0 Å². The first-order valence-corrected chi connectivity index (χ1v) is 9.81. The second-order valence-corrected chi connectivity index (χ2v) is 7.76. The molecule has 0 aromatic heterocycles. The van der Waals surface area contributed by atoms with E-state index < -0.39 is 23.6 Å². The molecule has 4 rings (SSSR count). The van der Waals surface area contributed by atoms with Crippen LogP contribution in [0.1, 0.15) is 59.5 Å². The van der Waals surface area contributed by atoms with Crippen LogP contribution in [0.5, 0.6) is 5.75 Å². The minimum absolute atomic E-state index is 0.00658. The molecule has 2 aromatic carbocycles. The maximum absolute atomic E-state index is 14.8. The van der Waals surface area contributed by atoms with Crippen LogP contribution >= 0.6 is 0 Å². The lowest BCUT2D eigenvalue weighted by Crippen LogP contribution is -2.26. The lowest BCUT2D eigenvalue weighted by molar-refractivity contribution is -0.142. The van der Waals surface area contributed by atoms with Crippen molar-refractivity contribution in [3.63, 3.8) is 0 Å². The highest BCUT2D eigenvalue weighted by atomic mass is 19.1. The number of rotatable bonds is 7. The molecule has 2 atom stereocenters. The van der Waals surface area contributed by atoms with Crippen LogP contribution in [0.4, 0.5) is 4.39 Å². The summed E-state index contributed by atoms with van der Waals surface area (Å²) in [5.74, 6) is -2.60. The van der Waals surface area contributed by atoms with Gasteiger partial charge in [-0.15, -0.1) is 0 Å². The molecule has 0 radical (unpaired) electrons. The summed E-state index contributed by atoms with van der Waals surface area (Å²) < 4.78 is 20.7. The van der Waals surface area contributed by atoms with Crippen LogP contribution in [0.25, 0.3) is 0 Å².